The highest BCUT2D eigenvalue weighted by molar-refractivity contribution is 5.66. The van der Waals surface area contributed by atoms with Crippen molar-refractivity contribution in [1.29, 1.82) is 0 Å². The van der Waals surface area contributed by atoms with Crippen molar-refractivity contribution in [2.45, 2.75) is 83.8 Å². The molecule has 5 aliphatic rings. The molecule has 0 unspecified atom stereocenters. The summed E-state index contributed by atoms with van der Waals surface area (Å²) in [6, 6.07) is 0. The summed E-state index contributed by atoms with van der Waals surface area (Å²) in [4.78, 5) is 11.6. The van der Waals surface area contributed by atoms with Crippen LogP contribution in [0.25, 0.3) is 0 Å². The van der Waals surface area contributed by atoms with Crippen LogP contribution in [-0.2, 0) is 9.53 Å². The number of hydrogen-bond acceptors (Lipinski definition) is 5. The zero-order chi connectivity index (χ0) is 19.7. The molecule has 0 saturated heterocycles. The second-order valence-corrected chi connectivity index (χ2v) is 10.7. The summed E-state index contributed by atoms with van der Waals surface area (Å²) in [7, 11) is 0. The van der Waals surface area contributed by atoms with E-state index in [0.717, 1.165) is 51.4 Å². The van der Waals surface area contributed by atoms with E-state index in [1.807, 2.05) is 0 Å². The summed E-state index contributed by atoms with van der Waals surface area (Å²) in [6.07, 6.45) is 7.47. The molecule has 154 valence electrons. The van der Waals surface area contributed by atoms with Gasteiger partial charge in [-0.1, -0.05) is 13.8 Å². The smallest absolute Gasteiger partial charge is 0.302 e. The lowest BCUT2D eigenvalue weighted by Crippen LogP contribution is -2.67. The third-order valence-corrected chi connectivity index (χ3v) is 9.59. The van der Waals surface area contributed by atoms with Crippen LogP contribution in [0.1, 0.15) is 72.1 Å². The van der Waals surface area contributed by atoms with Crippen LogP contribution in [0.3, 0.4) is 0 Å². The number of rotatable bonds is 3. The van der Waals surface area contributed by atoms with Crippen molar-refractivity contribution in [1.82, 2.24) is 0 Å². The summed E-state index contributed by atoms with van der Waals surface area (Å²) < 4.78 is 5.67. The molecule has 0 amide bonds. The fourth-order valence-electron chi connectivity index (χ4n) is 8.32. The highest BCUT2D eigenvalue weighted by Gasteiger charge is 2.68. The van der Waals surface area contributed by atoms with Crippen LogP contribution in [-0.4, -0.2) is 46.2 Å². The predicted octanol–water partition coefficient (Wildman–Crippen LogP) is 2.66. The predicted molar refractivity (Wildman–Crippen MR) is 101 cm³/mol. The number of esters is 1. The molecule has 5 nitrogen and oxygen atoms in total. The summed E-state index contributed by atoms with van der Waals surface area (Å²) in [5.41, 5.74) is -1.12. The molecule has 1 spiro atoms. The van der Waals surface area contributed by atoms with Crippen LogP contribution in [0.5, 0.6) is 0 Å². The molecular formula is C22H36O5. The van der Waals surface area contributed by atoms with Gasteiger partial charge in [0.25, 0.3) is 0 Å². The Hall–Kier alpha value is -0.650. The first-order chi connectivity index (χ1) is 12.6. The van der Waals surface area contributed by atoms with E-state index in [9.17, 15) is 20.1 Å². The first-order valence-electron chi connectivity index (χ1n) is 10.7. The fraction of sp³-hybridized carbons (Fsp3) is 0.955. The summed E-state index contributed by atoms with van der Waals surface area (Å²) in [5.74, 6) is 0.737. The maximum absolute atomic E-state index is 11.6. The minimum Gasteiger partial charge on any atom is -0.462 e. The molecule has 0 aromatic rings. The number of aliphatic hydroxyl groups is 3. The molecule has 0 radical (unpaired) electrons. The van der Waals surface area contributed by atoms with Gasteiger partial charge in [-0.25, -0.2) is 0 Å². The van der Waals surface area contributed by atoms with E-state index < -0.39 is 11.0 Å². The van der Waals surface area contributed by atoms with Crippen molar-refractivity contribution in [3.8, 4) is 0 Å². The van der Waals surface area contributed by atoms with E-state index in [2.05, 4.69) is 13.8 Å². The van der Waals surface area contributed by atoms with Crippen LogP contribution >= 0.6 is 0 Å². The Morgan fingerprint density at radius 2 is 1.74 bits per heavy atom. The van der Waals surface area contributed by atoms with Gasteiger partial charge in [0.2, 0.25) is 0 Å². The van der Waals surface area contributed by atoms with E-state index >= 15 is 0 Å². The van der Waals surface area contributed by atoms with Crippen molar-refractivity contribution >= 4 is 5.97 Å². The number of hydrogen-bond donors (Lipinski definition) is 3. The fourth-order valence-corrected chi connectivity index (χ4v) is 8.32. The third kappa shape index (κ3) is 2.57. The van der Waals surface area contributed by atoms with Gasteiger partial charge in [0, 0.05) is 12.3 Å². The van der Waals surface area contributed by atoms with Crippen LogP contribution in [0, 0.1) is 34.0 Å². The SMILES string of the molecule is CC(=O)O[C@H]1CC[C@]2(C)[C@H](CC[C@@]34CC[C@@H](C[C@H]32)[C@@](O)(CO)C4)[C@@]1(C)CO. The van der Waals surface area contributed by atoms with Gasteiger partial charge in [0.1, 0.15) is 6.10 Å². The van der Waals surface area contributed by atoms with Crippen LogP contribution in [0.4, 0.5) is 0 Å². The van der Waals surface area contributed by atoms with E-state index in [-0.39, 0.29) is 42.0 Å². The lowest BCUT2D eigenvalue weighted by Gasteiger charge is -2.70. The molecule has 0 aliphatic heterocycles. The normalized spacial score (nSPS) is 54.1. The Morgan fingerprint density at radius 3 is 2.37 bits per heavy atom. The number of carbonyl (C=O) groups is 1. The Bertz CT molecular complexity index is 622. The molecule has 5 heteroatoms. The first-order valence-corrected chi connectivity index (χ1v) is 10.7. The number of fused-ring (bicyclic) bond motifs is 3. The van der Waals surface area contributed by atoms with Gasteiger partial charge in [0.15, 0.2) is 0 Å². The molecule has 5 rings (SSSR count). The largest absolute Gasteiger partial charge is 0.462 e. The second-order valence-electron chi connectivity index (χ2n) is 10.7. The molecule has 8 atom stereocenters. The van der Waals surface area contributed by atoms with Crippen molar-refractivity contribution in [2.24, 2.45) is 34.0 Å². The van der Waals surface area contributed by atoms with Gasteiger partial charge in [-0.2, -0.15) is 0 Å². The zero-order valence-corrected chi connectivity index (χ0v) is 17.0. The highest BCUT2D eigenvalue weighted by Crippen LogP contribution is 2.72. The Balaban J connectivity index is 1.68. The topological polar surface area (TPSA) is 87.0 Å². The quantitative estimate of drug-likeness (QED) is 0.655. The summed E-state index contributed by atoms with van der Waals surface area (Å²) in [6.45, 7) is 5.85. The summed E-state index contributed by atoms with van der Waals surface area (Å²) in [5, 5.41) is 31.3. The number of carbonyl (C=O) groups excluding carboxylic acids is 1. The van der Waals surface area contributed by atoms with Gasteiger partial charge in [-0.05, 0) is 80.0 Å². The standard InChI is InChI=1S/C22H36O5/c1-14(25)27-18-6-7-19(2)16(20(18,3)12-23)5-9-21-8-4-15(10-17(19)21)22(26,11-21)13-24/h15-18,23-24,26H,4-13H2,1-3H3/t15-,16-,17-,18-,19+,20+,21+,22-/m0/s1. The summed E-state index contributed by atoms with van der Waals surface area (Å²) >= 11 is 0. The van der Waals surface area contributed by atoms with Gasteiger partial charge in [-0.3, -0.25) is 4.79 Å². The van der Waals surface area contributed by atoms with Crippen molar-refractivity contribution in [3.63, 3.8) is 0 Å². The molecule has 3 N–H and O–H groups in total. The highest BCUT2D eigenvalue weighted by atomic mass is 16.5. The maximum Gasteiger partial charge on any atom is 0.302 e. The Labute approximate surface area is 162 Å². The Morgan fingerprint density at radius 1 is 1.04 bits per heavy atom. The van der Waals surface area contributed by atoms with E-state index in [0.29, 0.717) is 11.8 Å². The Kier molecular flexibility index (Phi) is 4.49. The van der Waals surface area contributed by atoms with Crippen LogP contribution in [0.15, 0.2) is 0 Å². The van der Waals surface area contributed by atoms with Crippen molar-refractivity contribution < 1.29 is 24.9 Å². The lowest BCUT2D eigenvalue weighted by molar-refractivity contribution is -0.260. The van der Waals surface area contributed by atoms with E-state index in [1.165, 1.54) is 6.92 Å². The second kappa shape index (κ2) is 6.17. The molecule has 27 heavy (non-hydrogen) atoms. The van der Waals surface area contributed by atoms with Crippen LogP contribution in [0.2, 0.25) is 0 Å². The molecule has 5 fully saturated rings. The monoisotopic (exact) mass is 380 g/mol. The number of aliphatic hydroxyl groups excluding tert-OH is 2. The van der Waals surface area contributed by atoms with Gasteiger partial charge in [-0.15, -0.1) is 0 Å². The van der Waals surface area contributed by atoms with E-state index in [4.69, 9.17) is 4.74 Å². The molecule has 0 aromatic carbocycles. The molecule has 5 aliphatic carbocycles. The average Bonchev–Trinajstić information content (AvgIpc) is 2.63. The minimum atomic E-state index is -0.910. The van der Waals surface area contributed by atoms with Crippen LogP contribution < -0.4 is 0 Å². The average molecular weight is 381 g/mol. The number of ether oxygens (including phenoxy) is 1. The van der Waals surface area contributed by atoms with Gasteiger partial charge < -0.3 is 20.1 Å². The molecule has 0 aromatic heterocycles. The first kappa shape index (κ1) is 19.7. The zero-order valence-electron chi connectivity index (χ0n) is 17.0. The minimum absolute atomic E-state index is 0.0366. The third-order valence-electron chi connectivity index (χ3n) is 9.59. The molecule has 2 bridgehead atoms. The molecular weight excluding hydrogens is 344 g/mol. The molecule has 0 heterocycles. The van der Waals surface area contributed by atoms with Crippen molar-refractivity contribution in [3.05, 3.63) is 0 Å². The van der Waals surface area contributed by atoms with E-state index in [1.54, 1.807) is 0 Å². The van der Waals surface area contributed by atoms with Gasteiger partial charge >= 0.3 is 5.97 Å². The van der Waals surface area contributed by atoms with Gasteiger partial charge in [0.05, 0.1) is 18.8 Å². The maximum atomic E-state index is 11.6. The molecule has 5 saturated carbocycles. The van der Waals surface area contributed by atoms with Crippen molar-refractivity contribution in [2.75, 3.05) is 13.2 Å². The lowest BCUT2D eigenvalue weighted by atomic mass is 9.35.